The van der Waals surface area contributed by atoms with Crippen molar-refractivity contribution in [1.82, 2.24) is 9.80 Å². The first-order valence-electron chi connectivity index (χ1n) is 6.69. The van der Waals surface area contributed by atoms with E-state index in [1.165, 1.54) is 6.92 Å². The standard InChI is InChI=1S/C12H23N3O3S2/c1-4-10(11(13)19)14-5-7-15(8-6-14)12(16)9(2)20(3,17)18/h9-10H,4-8H2,1-3H3,(H2,13,19). The van der Waals surface area contributed by atoms with Gasteiger partial charge in [-0.25, -0.2) is 8.42 Å². The molecule has 8 heteroatoms. The molecule has 1 fully saturated rings. The summed E-state index contributed by atoms with van der Waals surface area (Å²) in [4.78, 5) is 16.3. The molecule has 1 rings (SSSR count). The Hall–Kier alpha value is -0.730. The normalized spacial score (nSPS) is 20.4. The van der Waals surface area contributed by atoms with Crippen molar-refractivity contribution < 1.29 is 13.2 Å². The van der Waals surface area contributed by atoms with Crippen LogP contribution in [0, 0.1) is 0 Å². The van der Waals surface area contributed by atoms with Gasteiger partial charge in [0.05, 0.1) is 11.0 Å². The van der Waals surface area contributed by atoms with Crippen LogP contribution in [0.2, 0.25) is 0 Å². The second-order valence-corrected chi connectivity index (χ2v) is 8.00. The Morgan fingerprint density at radius 2 is 1.80 bits per heavy atom. The van der Waals surface area contributed by atoms with E-state index in [2.05, 4.69) is 4.90 Å². The van der Waals surface area contributed by atoms with Crippen molar-refractivity contribution in [2.45, 2.75) is 31.6 Å². The molecule has 1 aliphatic rings. The summed E-state index contributed by atoms with van der Waals surface area (Å²) in [5.41, 5.74) is 5.71. The molecule has 0 saturated carbocycles. The second kappa shape index (κ2) is 6.82. The molecule has 1 amide bonds. The number of nitrogens with zero attached hydrogens (tertiary/aromatic N) is 2. The lowest BCUT2D eigenvalue weighted by Gasteiger charge is -2.39. The highest BCUT2D eigenvalue weighted by Crippen LogP contribution is 2.12. The molecule has 2 atom stereocenters. The van der Waals surface area contributed by atoms with Crippen molar-refractivity contribution in [3.8, 4) is 0 Å². The SMILES string of the molecule is CCC(C(N)=S)N1CCN(C(=O)C(C)S(C)(=O)=O)CC1. The van der Waals surface area contributed by atoms with Crippen LogP contribution in [0.25, 0.3) is 0 Å². The van der Waals surface area contributed by atoms with E-state index < -0.39 is 15.1 Å². The van der Waals surface area contributed by atoms with Gasteiger partial charge in [-0.1, -0.05) is 19.1 Å². The first kappa shape index (κ1) is 17.3. The van der Waals surface area contributed by atoms with Gasteiger partial charge in [0.2, 0.25) is 5.91 Å². The van der Waals surface area contributed by atoms with E-state index in [1.807, 2.05) is 6.92 Å². The summed E-state index contributed by atoms with van der Waals surface area (Å²) in [5.74, 6) is -0.324. The fourth-order valence-corrected chi connectivity index (χ4v) is 3.16. The van der Waals surface area contributed by atoms with Gasteiger partial charge < -0.3 is 10.6 Å². The number of rotatable bonds is 5. The Balaban J connectivity index is 2.63. The molecular formula is C12H23N3O3S2. The van der Waals surface area contributed by atoms with Gasteiger partial charge in [0, 0.05) is 32.4 Å². The molecule has 2 unspecified atom stereocenters. The number of nitrogens with two attached hydrogens (primary N) is 1. The lowest BCUT2D eigenvalue weighted by molar-refractivity contribution is -0.132. The minimum Gasteiger partial charge on any atom is -0.392 e. The molecule has 0 radical (unpaired) electrons. The average Bonchev–Trinajstić information content (AvgIpc) is 2.37. The maximum Gasteiger partial charge on any atom is 0.240 e. The number of thiocarbonyl (C=S) groups is 1. The van der Waals surface area contributed by atoms with Gasteiger partial charge >= 0.3 is 0 Å². The summed E-state index contributed by atoms with van der Waals surface area (Å²) < 4.78 is 22.9. The minimum absolute atomic E-state index is 0.0505. The highest BCUT2D eigenvalue weighted by molar-refractivity contribution is 7.92. The molecule has 20 heavy (non-hydrogen) atoms. The highest BCUT2D eigenvalue weighted by atomic mass is 32.2. The van der Waals surface area contributed by atoms with Crippen LogP contribution in [0.1, 0.15) is 20.3 Å². The number of carbonyl (C=O) groups excluding carboxylic acids is 1. The minimum atomic E-state index is -3.34. The molecule has 6 nitrogen and oxygen atoms in total. The highest BCUT2D eigenvalue weighted by Gasteiger charge is 2.32. The van der Waals surface area contributed by atoms with Crippen LogP contribution in [-0.2, 0) is 14.6 Å². The number of piperazine rings is 1. The maximum atomic E-state index is 12.1. The zero-order valence-corrected chi connectivity index (χ0v) is 13.8. The predicted octanol–water partition coefficient (Wildman–Crippen LogP) is -0.372. The Labute approximate surface area is 126 Å². The van der Waals surface area contributed by atoms with E-state index in [1.54, 1.807) is 4.90 Å². The number of hydrogen-bond acceptors (Lipinski definition) is 5. The van der Waals surface area contributed by atoms with Crippen LogP contribution < -0.4 is 5.73 Å². The fourth-order valence-electron chi connectivity index (χ4n) is 2.33. The third kappa shape index (κ3) is 4.13. The van der Waals surface area contributed by atoms with E-state index in [0.717, 1.165) is 12.7 Å². The Morgan fingerprint density at radius 3 is 2.15 bits per heavy atom. The molecule has 2 N–H and O–H groups in total. The predicted molar refractivity (Wildman–Crippen MR) is 83.3 cm³/mol. The third-order valence-electron chi connectivity index (χ3n) is 3.77. The second-order valence-electron chi connectivity index (χ2n) is 5.16. The van der Waals surface area contributed by atoms with Gasteiger partial charge in [-0.2, -0.15) is 0 Å². The van der Waals surface area contributed by atoms with Gasteiger partial charge in [0.25, 0.3) is 0 Å². The van der Waals surface area contributed by atoms with Crippen molar-refractivity contribution in [3.63, 3.8) is 0 Å². The largest absolute Gasteiger partial charge is 0.392 e. The Kier molecular flexibility index (Phi) is 5.91. The molecule has 1 saturated heterocycles. The molecule has 0 aromatic carbocycles. The molecule has 0 aromatic rings. The Morgan fingerprint density at radius 1 is 1.30 bits per heavy atom. The smallest absolute Gasteiger partial charge is 0.240 e. The van der Waals surface area contributed by atoms with Crippen LogP contribution >= 0.6 is 12.2 Å². The van der Waals surface area contributed by atoms with Gasteiger partial charge in [0.15, 0.2) is 9.84 Å². The number of carbonyl (C=O) groups is 1. The zero-order chi connectivity index (χ0) is 15.5. The van der Waals surface area contributed by atoms with Crippen molar-refractivity contribution >= 4 is 33.0 Å². The van der Waals surface area contributed by atoms with E-state index in [9.17, 15) is 13.2 Å². The maximum absolute atomic E-state index is 12.1. The molecule has 116 valence electrons. The summed E-state index contributed by atoms with van der Waals surface area (Å²) in [7, 11) is -3.34. The third-order valence-corrected chi connectivity index (χ3v) is 5.53. The lowest BCUT2D eigenvalue weighted by atomic mass is 10.1. The van der Waals surface area contributed by atoms with Crippen molar-refractivity contribution in [2.75, 3.05) is 32.4 Å². The van der Waals surface area contributed by atoms with Gasteiger partial charge in [-0.15, -0.1) is 0 Å². The van der Waals surface area contributed by atoms with Crippen molar-refractivity contribution in [1.29, 1.82) is 0 Å². The molecule has 0 aliphatic carbocycles. The van der Waals surface area contributed by atoms with Crippen LogP contribution in [0.15, 0.2) is 0 Å². The first-order chi connectivity index (χ1) is 9.18. The number of sulfone groups is 1. The van der Waals surface area contributed by atoms with E-state index in [4.69, 9.17) is 18.0 Å². The van der Waals surface area contributed by atoms with Gasteiger partial charge in [-0.05, 0) is 13.3 Å². The van der Waals surface area contributed by atoms with Crippen LogP contribution in [0.3, 0.4) is 0 Å². The van der Waals surface area contributed by atoms with E-state index >= 15 is 0 Å². The molecule has 1 heterocycles. The number of amides is 1. The fraction of sp³-hybridized carbons (Fsp3) is 0.833. The monoisotopic (exact) mass is 321 g/mol. The van der Waals surface area contributed by atoms with E-state index in [0.29, 0.717) is 31.2 Å². The zero-order valence-electron chi connectivity index (χ0n) is 12.2. The summed E-state index contributed by atoms with van der Waals surface area (Å²) in [5, 5.41) is -0.980. The molecule has 0 spiro atoms. The van der Waals surface area contributed by atoms with Gasteiger partial charge in [0.1, 0.15) is 5.25 Å². The lowest BCUT2D eigenvalue weighted by Crippen LogP contribution is -2.56. The summed E-state index contributed by atoms with van der Waals surface area (Å²) in [6.07, 6.45) is 1.93. The van der Waals surface area contributed by atoms with E-state index in [-0.39, 0.29) is 11.9 Å². The van der Waals surface area contributed by atoms with Crippen LogP contribution in [-0.4, -0.2) is 72.8 Å². The Bertz CT molecular complexity index is 470. The van der Waals surface area contributed by atoms with Gasteiger partial charge in [-0.3, -0.25) is 9.69 Å². The number of hydrogen-bond donors (Lipinski definition) is 1. The molecular weight excluding hydrogens is 298 g/mol. The summed E-state index contributed by atoms with van der Waals surface area (Å²) in [6.45, 7) is 5.81. The summed E-state index contributed by atoms with van der Waals surface area (Å²) >= 11 is 5.04. The van der Waals surface area contributed by atoms with Crippen LogP contribution in [0.5, 0.6) is 0 Å². The van der Waals surface area contributed by atoms with Crippen LogP contribution in [0.4, 0.5) is 0 Å². The molecule has 0 bridgehead atoms. The molecule has 0 aromatic heterocycles. The summed E-state index contributed by atoms with van der Waals surface area (Å²) in [6, 6.07) is 0.0505. The van der Waals surface area contributed by atoms with Crippen molar-refractivity contribution in [3.05, 3.63) is 0 Å². The first-order valence-corrected chi connectivity index (χ1v) is 9.05. The van der Waals surface area contributed by atoms with Crippen molar-refractivity contribution in [2.24, 2.45) is 5.73 Å². The topological polar surface area (TPSA) is 83.7 Å². The quantitative estimate of drug-likeness (QED) is 0.696. The average molecular weight is 321 g/mol. The molecule has 1 aliphatic heterocycles.